The molecule has 2 aromatic rings. The molecule has 1 aromatic heterocycles. The van der Waals surface area contributed by atoms with Crippen molar-refractivity contribution in [2.45, 2.75) is 58.2 Å². The number of benzene rings is 1. The molecule has 1 saturated carbocycles. The summed E-state index contributed by atoms with van der Waals surface area (Å²) in [6, 6.07) is 6.72. The number of halogens is 3. The van der Waals surface area contributed by atoms with E-state index in [-0.39, 0.29) is 22.7 Å². The lowest BCUT2D eigenvalue weighted by Gasteiger charge is -2.32. The Morgan fingerprint density at radius 2 is 1.83 bits per heavy atom. The van der Waals surface area contributed by atoms with Crippen LogP contribution in [0.5, 0.6) is 0 Å². The number of hydrogen-bond acceptors (Lipinski definition) is 3. The van der Waals surface area contributed by atoms with Gasteiger partial charge < -0.3 is 10.3 Å². The van der Waals surface area contributed by atoms with Crippen LogP contribution in [0.15, 0.2) is 35.1 Å². The molecule has 0 spiro atoms. The third kappa shape index (κ3) is 5.68. The number of rotatable bonds is 5. The fourth-order valence-corrected chi connectivity index (χ4v) is 3.21. The Hall–Kier alpha value is -2.64. The van der Waals surface area contributed by atoms with E-state index >= 15 is 0 Å². The number of nitrogens with one attached hydrogen (secondary N) is 2. The van der Waals surface area contributed by atoms with Crippen LogP contribution in [0.2, 0.25) is 0 Å². The predicted molar refractivity (Wildman–Crippen MR) is 103 cm³/mol. The van der Waals surface area contributed by atoms with E-state index in [1.807, 2.05) is 20.8 Å². The average molecular weight is 407 g/mol. The molecule has 1 aliphatic carbocycles. The monoisotopic (exact) mass is 407 g/mol. The summed E-state index contributed by atoms with van der Waals surface area (Å²) in [5.41, 5.74) is 0.0888. The second-order valence-electron chi connectivity index (χ2n) is 8.60. The number of carbonyl (C=O) groups excluding carboxylic acids is 1. The molecule has 1 aromatic carbocycles. The first kappa shape index (κ1) is 21.1. The number of amides is 1. The number of alkyl halides is 3. The first-order valence-electron chi connectivity index (χ1n) is 9.50. The van der Waals surface area contributed by atoms with E-state index in [0.717, 1.165) is 18.9 Å². The maximum Gasteiger partial charge on any atom is 0.393 e. The highest BCUT2D eigenvalue weighted by Crippen LogP contribution is 2.37. The molecule has 8 heteroatoms. The summed E-state index contributed by atoms with van der Waals surface area (Å²) in [7, 11) is 0. The Balaban J connectivity index is 1.83. The number of aromatic amines is 1. The molecule has 1 atom stereocenters. The molecule has 0 saturated heterocycles. The Kier molecular flexibility index (Phi) is 5.56. The van der Waals surface area contributed by atoms with E-state index in [0.29, 0.717) is 11.4 Å². The maximum absolute atomic E-state index is 12.8. The summed E-state index contributed by atoms with van der Waals surface area (Å²) in [5.74, 6) is 0.221. The van der Waals surface area contributed by atoms with Crippen molar-refractivity contribution in [1.82, 2.24) is 15.3 Å². The second-order valence-corrected chi connectivity index (χ2v) is 8.60. The maximum atomic E-state index is 12.8. The van der Waals surface area contributed by atoms with E-state index in [1.54, 1.807) is 12.1 Å². The molecule has 0 bridgehead atoms. The lowest BCUT2D eigenvalue weighted by atomic mass is 9.82. The molecule has 1 heterocycles. The number of nitrogens with zero attached hydrogens (tertiary/aromatic N) is 1. The topological polar surface area (TPSA) is 74.8 Å². The molecular weight excluding hydrogens is 383 g/mol. The molecule has 156 valence electrons. The Labute approximate surface area is 166 Å². The highest BCUT2D eigenvalue weighted by atomic mass is 19.4. The van der Waals surface area contributed by atoms with Crippen molar-refractivity contribution in [3.63, 3.8) is 0 Å². The minimum Gasteiger partial charge on any atom is -0.343 e. The van der Waals surface area contributed by atoms with Crippen LogP contribution in [0.4, 0.5) is 13.2 Å². The highest BCUT2D eigenvalue weighted by Gasteiger charge is 2.31. The van der Waals surface area contributed by atoms with E-state index in [2.05, 4.69) is 15.3 Å². The second kappa shape index (κ2) is 7.65. The predicted octanol–water partition coefficient (Wildman–Crippen LogP) is 4.27. The summed E-state index contributed by atoms with van der Waals surface area (Å²) in [4.78, 5) is 31.6. The van der Waals surface area contributed by atoms with Gasteiger partial charge in [-0.2, -0.15) is 13.2 Å². The molecule has 5 nitrogen and oxygen atoms in total. The van der Waals surface area contributed by atoms with Crippen LogP contribution in [-0.4, -0.2) is 22.1 Å². The minimum atomic E-state index is -4.27. The largest absolute Gasteiger partial charge is 0.393 e. The SMILES string of the molecule is CC(C)(C)[C@@H](NC(=O)c1cc(=O)[nH]c(C2CC2)n1)c1ccc(CC(F)(F)F)cc1. The molecule has 0 unspecified atom stereocenters. The zero-order chi connectivity index (χ0) is 21.4. The van der Waals surface area contributed by atoms with Crippen LogP contribution >= 0.6 is 0 Å². The van der Waals surface area contributed by atoms with Crippen LogP contribution in [0.3, 0.4) is 0 Å². The summed E-state index contributed by atoms with van der Waals surface area (Å²) in [6.45, 7) is 5.76. The van der Waals surface area contributed by atoms with Gasteiger partial charge in [-0.05, 0) is 29.4 Å². The van der Waals surface area contributed by atoms with Crippen LogP contribution < -0.4 is 10.9 Å². The molecule has 0 aliphatic heterocycles. The zero-order valence-corrected chi connectivity index (χ0v) is 16.6. The van der Waals surface area contributed by atoms with Crippen LogP contribution in [0, 0.1) is 5.41 Å². The zero-order valence-electron chi connectivity index (χ0n) is 16.6. The van der Waals surface area contributed by atoms with Gasteiger partial charge in [0.05, 0.1) is 12.5 Å². The summed E-state index contributed by atoms with van der Waals surface area (Å²) >= 11 is 0. The molecule has 29 heavy (non-hydrogen) atoms. The summed E-state index contributed by atoms with van der Waals surface area (Å²) in [6.07, 6.45) is -3.41. The van der Waals surface area contributed by atoms with E-state index in [9.17, 15) is 22.8 Å². The third-order valence-corrected chi connectivity index (χ3v) is 4.82. The highest BCUT2D eigenvalue weighted by molar-refractivity contribution is 5.92. The van der Waals surface area contributed by atoms with Gasteiger partial charge in [0, 0.05) is 12.0 Å². The van der Waals surface area contributed by atoms with Gasteiger partial charge in [-0.1, -0.05) is 45.0 Å². The Morgan fingerprint density at radius 3 is 2.34 bits per heavy atom. The van der Waals surface area contributed by atoms with Crippen LogP contribution in [0.1, 0.15) is 73.0 Å². The molecule has 1 amide bonds. The first-order chi connectivity index (χ1) is 13.4. The smallest absolute Gasteiger partial charge is 0.343 e. The average Bonchev–Trinajstić information content (AvgIpc) is 3.42. The van der Waals surface area contributed by atoms with Crippen LogP contribution in [0.25, 0.3) is 0 Å². The lowest BCUT2D eigenvalue weighted by molar-refractivity contribution is -0.127. The van der Waals surface area contributed by atoms with Gasteiger partial charge in [0.25, 0.3) is 11.5 Å². The van der Waals surface area contributed by atoms with Gasteiger partial charge in [-0.25, -0.2) is 4.98 Å². The van der Waals surface area contributed by atoms with Gasteiger partial charge in [-0.3, -0.25) is 9.59 Å². The van der Waals surface area contributed by atoms with E-state index in [1.165, 1.54) is 12.1 Å². The molecule has 0 radical (unpaired) electrons. The molecule has 1 fully saturated rings. The van der Waals surface area contributed by atoms with Gasteiger partial charge in [-0.15, -0.1) is 0 Å². The van der Waals surface area contributed by atoms with Crippen molar-refractivity contribution in [2.24, 2.45) is 5.41 Å². The van der Waals surface area contributed by atoms with Gasteiger partial charge in [0.15, 0.2) is 0 Å². The first-order valence-corrected chi connectivity index (χ1v) is 9.50. The Bertz CT molecular complexity index is 939. The summed E-state index contributed by atoms with van der Waals surface area (Å²) in [5, 5.41) is 2.89. The van der Waals surface area contributed by atoms with Gasteiger partial charge in [0.1, 0.15) is 11.5 Å². The standard InChI is InChI=1S/C21H24F3N3O2/c1-20(2,3)17(13-6-4-12(5-7-13)11-21(22,23)24)27-19(29)15-10-16(28)26-18(25-15)14-8-9-14/h4-7,10,14,17H,8-9,11H2,1-3H3,(H,27,29)(H,25,26,28)/t17-/m0/s1. The number of carbonyl (C=O) groups is 1. The number of aromatic nitrogens is 2. The van der Waals surface area contributed by atoms with Crippen LogP contribution in [-0.2, 0) is 6.42 Å². The Morgan fingerprint density at radius 1 is 1.21 bits per heavy atom. The fourth-order valence-electron chi connectivity index (χ4n) is 3.21. The quantitative estimate of drug-likeness (QED) is 0.777. The summed E-state index contributed by atoms with van der Waals surface area (Å²) < 4.78 is 37.8. The molecule has 2 N–H and O–H groups in total. The van der Waals surface area contributed by atoms with Crippen molar-refractivity contribution in [3.8, 4) is 0 Å². The number of hydrogen-bond donors (Lipinski definition) is 2. The van der Waals surface area contributed by atoms with Crippen molar-refractivity contribution in [2.75, 3.05) is 0 Å². The number of H-pyrrole nitrogens is 1. The normalized spacial score (nSPS) is 15.8. The van der Waals surface area contributed by atoms with E-state index < -0.39 is 30.0 Å². The molecule has 3 rings (SSSR count). The third-order valence-electron chi connectivity index (χ3n) is 4.82. The van der Waals surface area contributed by atoms with Crippen molar-refractivity contribution >= 4 is 5.91 Å². The van der Waals surface area contributed by atoms with Crippen molar-refractivity contribution < 1.29 is 18.0 Å². The molecular formula is C21H24F3N3O2. The van der Waals surface area contributed by atoms with Gasteiger partial charge >= 0.3 is 6.18 Å². The lowest BCUT2D eigenvalue weighted by Crippen LogP contribution is -2.37. The fraction of sp³-hybridized carbons (Fsp3) is 0.476. The van der Waals surface area contributed by atoms with E-state index in [4.69, 9.17) is 0 Å². The molecule has 1 aliphatic rings. The van der Waals surface area contributed by atoms with Crippen molar-refractivity contribution in [1.29, 1.82) is 0 Å². The van der Waals surface area contributed by atoms with Gasteiger partial charge in [0.2, 0.25) is 0 Å². The van der Waals surface area contributed by atoms with Crippen molar-refractivity contribution in [3.05, 3.63) is 63.3 Å². The minimum absolute atomic E-state index is 0.0404.